The monoisotopic (exact) mass is 326 g/mol. The van der Waals surface area contributed by atoms with Gasteiger partial charge in [0.1, 0.15) is 6.10 Å². The van der Waals surface area contributed by atoms with E-state index in [4.69, 9.17) is 9.47 Å². The topological polar surface area (TPSA) is 35.5 Å². The molecule has 0 heterocycles. The van der Waals surface area contributed by atoms with Gasteiger partial charge in [-0.3, -0.25) is 4.79 Å². The highest BCUT2D eigenvalue weighted by Crippen LogP contribution is 2.29. The van der Waals surface area contributed by atoms with Crippen LogP contribution in [0.3, 0.4) is 0 Å². The summed E-state index contributed by atoms with van der Waals surface area (Å²) in [5.74, 6) is 0. The van der Waals surface area contributed by atoms with Crippen LogP contribution in [0, 0.1) is 6.92 Å². The van der Waals surface area contributed by atoms with Crippen molar-refractivity contribution >= 4 is 22.4 Å². The number of alkyl halides is 1. The molecule has 1 fully saturated rings. The van der Waals surface area contributed by atoms with Crippen LogP contribution in [-0.4, -0.2) is 23.5 Å². The van der Waals surface area contributed by atoms with Gasteiger partial charge in [0.05, 0.1) is 12.7 Å². The summed E-state index contributed by atoms with van der Waals surface area (Å²) < 4.78 is 11.1. The van der Waals surface area contributed by atoms with E-state index >= 15 is 0 Å². The molecule has 0 spiro atoms. The molecular weight excluding hydrogens is 308 g/mol. The Kier molecular flexibility index (Phi) is 5.40. The SMILES string of the molecule is Cc1cccc(COC2CCC(Br)CC2OC=O)c1. The fourth-order valence-corrected chi connectivity index (χ4v) is 3.10. The number of ether oxygens (including phenoxy) is 2. The first kappa shape index (κ1) is 14.5. The molecule has 3 unspecified atom stereocenters. The average Bonchev–Trinajstić information content (AvgIpc) is 2.38. The van der Waals surface area contributed by atoms with Gasteiger partial charge in [0, 0.05) is 4.83 Å². The number of hydrogen-bond acceptors (Lipinski definition) is 3. The van der Waals surface area contributed by atoms with E-state index in [9.17, 15) is 4.79 Å². The Bertz CT molecular complexity index is 422. The zero-order valence-electron chi connectivity index (χ0n) is 11.0. The molecule has 0 aromatic heterocycles. The van der Waals surface area contributed by atoms with Crippen LogP contribution in [0.2, 0.25) is 0 Å². The molecule has 0 bridgehead atoms. The van der Waals surface area contributed by atoms with E-state index in [2.05, 4.69) is 41.1 Å². The maximum absolute atomic E-state index is 10.6. The summed E-state index contributed by atoms with van der Waals surface area (Å²) in [6.07, 6.45) is 2.65. The summed E-state index contributed by atoms with van der Waals surface area (Å²) in [4.78, 5) is 11.0. The lowest BCUT2D eigenvalue weighted by molar-refractivity contribution is -0.146. The van der Waals surface area contributed by atoms with Gasteiger partial charge in [-0.05, 0) is 31.7 Å². The molecule has 104 valence electrons. The maximum atomic E-state index is 10.6. The lowest BCUT2D eigenvalue weighted by Crippen LogP contribution is -2.38. The third kappa shape index (κ3) is 4.32. The van der Waals surface area contributed by atoms with Crippen LogP contribution in [0.25, 0.3) is 0 Å². The number of halogens is 1. The first-order valence-corrected chi connectivity index (χ1v) is 7.51. The normalized spacial score (nSPS) is 26.9. The zero-order valence-corrected chi connectivity index (χ0v) is 12.6. The van der Waals surface area contributed by atoms with Crippen LogP contribution >= 0.6 is 15.9 Å². The number of hydrogen-bond donors (Lipinski definition) is 0. The van der Waals surface area contributed by atoms with Crippen molar-refractivity contribution in [2.24, 2.45) is 0 Å². The average molecular weight is 327 g/mol. The van der Waals surface area contributed by atoms with Crippen LogP contribution in [0.5, 0.6) is 0 Å². The van der Waals surface area contributed by atoms with Gasteiger partial charge in [-0.15, -0.1) is 0 Å². The van der Waals surface area contributed by atoms with Gasteiger partial charge in [0.15, 0.2) is 0 Å². The van der Waals surface area contributed by atoms with E-state index < -0.39 is 0 Å². The molecule has 1 aromatic carbocycles. The second-order valence-electron chi connectivity index (χ2n) is 5.02. The largest absolute Gasteiger partial charge is 0.462 e. The van der Waals surface area contributed by atoms with E-state index in [0.29, 0.717) is 17.9 Å². The van der Waals surface area contributed by atoms with E-state index in [1.807, 2.05) is 6.07 Å². The Morgan fingerprint density at radius 1 is 1.37 bits per heavy atom. The lowest BCUT2D eigenvalue weighted by atomic mass is 9.94. The van der Waals surface area contributed by atoms with E-state index in [0.717, 1.165) is 24.8 Å². The molecule has 0 N–H and O–H groups in total. The van der Waals surface area contributed by atoms with Gasteiger partial charge in [0.2, 0.25) is 0 Å². The second kappa shape index (κ2) is 7.06. The van der Waals surface area contributed by atoms with Gasteiger partial charge in [-0.1, -0.05) is 45.8 Å². The summed E-state index contributed by atoms with van der Waals surface area (Å²) in [7, 11) is 0. The van der Waals surface area contributed by atoms with Crippen molar-refractivity contribution in [2.75, 3.05) is 0 Å². The van der Waals surface area contributed by atoms with Crippen LogP contribution in [0.1, 0.15) is 30.4 Å². The molecule has 0 saturated heterocycles. The zero-order chi connectivity index (χ0) is 13.7. The van der Waals surface area contributed by atoms with Gasteiger partial charge in [0.25, 0.3) is 6.47 Å². The van der Waals surface area contributed by atoms with E-state index in [1.165, 1.54) is 5.56 Å². The fourth-order valence-electron chi connectivity index (χ4n) is 2.46. The molecule has 3 nitrogen and oxygen atoms in total. The van der Waals surface area contributed by atoms with E-state index in [1.54, 1.807) is 0 Å². The van der Waals surface area contributed by atoms with Crippen molar-refractivity contribution in [3.05, 3.63) is 35.4 Å². The summed E-state index contributed by atoms with van der Waals surface area (Å²) in [5.41, 5.74) is 2.39. The molecule has 0 aliphatic heterocycles. The first-order chi connectivity index (χ1) is 9.19. The molecule has 3 atom stereocenters. The number of benzene rings is 1. The predicted octanol–water partition coefficient (Wildman–Crippen LogP) is 3.37. The van der Waals surface area contributed by atoms with Crippen molar-refractivity contribution in [2.45, 2.75) is 49.8 Å². The Morgan fingerprint density at radius 3 is 2.95 bits per heavy atom. The van der Waals surface area contributed by atoms with Crippen molar-refractivity contribution in [1.82, 2.24) is 0 Å². The minimum atomic E-state index is -0.138. The predicted molar refractivity (Wildman–Crippen MR) is 77.3 cm³/mol. The van der Waals surface area contributed by atoms with Crippen molar-refractivity contribution in [1.29, 1.82) is 0 Å². The molecule has 1 saturated carbocycles. The smallest absolute Gasteiger partial charge is 0.293 e. The molecule has 1 aliphatic carbocycles. The van der Waals surface area contributed by atoms with E-state index in [-0.39, 0.29) is 12.2 Å². The third-order valence-electron chi connectivity index (χ3n) is 3.44. The summed E-state index contributed by atoms with van der Waals surface area (Å²) in [5, 5.41) is 0. The highest BCUT2D eigenvalue weighted by atomic mass is 79.9. The highest BCUT2D eigenvalue weighted by Gasteiger charge is 2.31. The molecule has 0 radical (unpaired) electrons. The molecule has 1 aromatic rings. The Hall–Kier alpha value is -0.870. The van der Waals surface area contributed by atoms with Gasteiger partial charge < -0.3 is 9.47 Å². The molecule has 2 rings (SSSR count). The first-order valence-electron chi connectivity index (χ1n) is 6.59. The molecule has 0 amide bonds. The second-order valence-corrected chi connectivity index (χ2v) is 6.31. The number of rotatable bonds is 5. The van der Waals surface area contributed by atoms with Gasteiger partial charge in [-0.25, -0.2) is 0 Å². The van der Waals surface area contributed by atoms with Crippen LogP contribution in [0.15, 0.2) is 24.3 Å². The van der Waals surface area contributed by atoms with Crippen molar-refractivity contribution in [3.63, 3.8) is 0 Å². The quantitative estimate of drug-likeness (QED) is 0.614. The molecular formula is C15H19BrO3. The molecule has 4 heteroatoms. The lowest BCUT2D eigenvalue weighted by Gasteiger charge is -2.32. The number of aryl methyl sites for hydroxylation is 1. The fraction of sp³-hybridized carbons (Fsp3) is 0.533. The summed E-state index contributed by atoms with van der Waals surface area (Å²) >= 11 is 3.58. The maximum Gasteiger partial charge on any atom is 0.293 e. The van der Waals surface area contributed by atoms with Crippen molar-refractivity contribution in [3.8, 4) is 0 Å². The van der Waals surface area contributed by atoms with Crippen LogP contribution in [0.4, 0.5) is 0 Å². The standard InChI is InChI=1S/C15H19BrO3/c1-11-3-2-4-12(7-11)9-18-14-6-5-13(16)8-15(14)19-10-17/h2-4,7,10,13-15H,5-6,8-9H2,1H3. The van der Waals surface area contributed by atoms with Crippen molar-refractivity contribution < 1.29 is 14.3 Å². The summed E-state index contributed by atoms with van der Waals surface area (Å²) in [6.45, 7) is 3.16. The Labute approximate surface area is 122 Å². The molecule has 19 heavy (non-hydrogen) atoms. The minimum Gasteiger partial charge on any atom is -0.462 e. The molecule has 1 aliphatic rings. The summed E-state index contributed by atoms with van der Waals surface area (Å²) in [6, 6.07) is 8.27. The number of carbonyl (C=O) groups is 1. The third-order valence-corrected chi connectivity index (χ3v) is 4.28. The minimum absolute atomic E-state index is 0.000452. The Balaban J connectivity index is 1.91. The Morgan fingerprint density at radius 2 is 2.21 bits per heavy atom. The van der Waals surface area contributed by atoms with Crippen LogP contribution in [-0.2, 0) is 20.9 Å². The van der Waals surface area contributed by atoms with Gasteiger partial charge >= 0.3 is 0 Å². The van der Waals surface area contributed by atoms with Crippen LogP contribution < -0.4 is 0 Å². The highest BCUT2D eigenvalue weighted by molar-refractivity contribution is 9.09. The van der Waals surface area contributed by atoms with Gasteiger partial charge in [-0.2, -0.15) is 0 Å². The number of carbonyl (C=O) groups excluding carboxylic acids is 1.